The fourth-order valence-corrected chi connectivity index (χ4v) is 3.16. The first kappa shape index (κ1) is 13.5. The van der Waals surface area contributed by atoms with E-state index in [9.17, 15) is 8.42 Å². The molecule has 1 aliphatic heterocycles. The first-order chi connectivity index (χ1) is 8.68. The van der Waals surface area contributed by atoms with Gasteiger partial charge in [-0.15, -0.1) is 0 Å². The van der Waals surface area contributed by atoms with Crippen molar-refractivity contribution in [1.29, 1.82) is 0 Å². The van der Waals surface area contributed by atoms with Crippen LogP contribution in [0, 0.1) is 0 Å². The molecule has 1 aromatic heterocycles. The number of nitrogens with zero attached hydrogens (tertiary/aromatic N) is 2. The van der Waals surface area contributed by atoms with Gasteiger partial charge in [0.15, 0.2) is 14.9 Å². The molecule has 1 saturated heterocycles. The van der Waals surface area contributed by atoms with Gasteiger partial charge in [-0.2, -0.15) is 0 Å². The molecule has 0 N–H and O–H groups in total. The van der Waals surface area contributed by atoms with E-state index in [2.05, 4.69) is 9.88 Å². The third kappa shape index (κ3) is 3.76. The summed E-state index contributed by atoms with van der Waals surface area (Å²) in [5, 5.41) is 0.173. The second-order valence-corrected chi connectivity index (χ2v) is 6.35. The van der Waals surface area contributed by atoms with Crippen LogP contribution in [0.25, 0.3) is 0 Å². The molecule has 0 radical (unpaired) electrons. The van der Waals surface area contributed by atoms with Gasteiger partial charge in [0.2, 0.25) is 0 Å². The molecule has 100 valence electrons. The summed E-state index contributed by atoms with van der Waals surface area (Å²) in [6.45, 7) is 4.07. The van der Waals surface area contributed by atoms with Crippen molar-refractivity contribution in [3.8, 4) is 0 Å². The lowest BCUT2D eigenvalue weighted by Crippen LogP contribution is -2.37. The number of morpholine rings is 1. The van der Waals surface area contributed by atoms with Gasteiger partial charge >= 0.3 is 0 Å². The van der Waals surface area contributed by atoms with Crippen molar-refractivity contribution in [2.45, 2.75) is 11.4 Å². The predicted molar refractivity (Wildman–Crippen MR) is 68.2 cm³/mol. The van der Waals surface area contributed by atoms with Crippen molar-refractivity contribution in [2.24, 2.45) is 0 Å². The van der Waals surface area contributed by atoms with Gasteiger partial charge in [-0.25, -0.2) is 13.4 Å². The highest BCUT2D eigenvalue weighted by atomic mass is 32.2. The molecule has 0 amide bonds. The van der Waals surface area contributed by atoms with Gasteiger partial charge in [-0.05, 0) is 25.1 Å². The molecule has 0 saturated carbocycles. The number of aromatic nitrogens is 1. The summed E-state index contributed by atoms with van der Waals surface area (Å²) in [6, 6.07) is 4.96. The van der Waals surface area contributed by atoms with Crippen LogP contribution in [0.2, 0.25) is 0 Å². The molecule has 0 aromatic carbocycles. The van der Waals surface area contributed by atoms with E-state index in [4.69, 9.17) is 4.74 Å². The third-order valence-corrected chi connectivity index (χ3v) is 4.65. The monoisotopic (exact) mass is 270 g/mol. The molecule has 1 fully saturated rings. The fraction of sp³-hybridized carbons (Fsp3) is 0.583. The Bertz CT molecular complexity index is 455. The summed E-state index contributed by atoms with van der Waals surface area (Å²) in [4.78, 5) is 6.13. The van der Waals surface area contributed by atoms with E-state index >= 15 is 0 Å². The van der Waals surface area contributed by atoms with E-state index < -0.39 is 9.84 Å². The average molecular weight is 270 g/mol. The van der Waals surface area contributed by atoms with Crippen LogP contribution in [0.3, 0.4) is 0 Å². The first-order valence-electron chi connectivity index (χ1n) is 6.12. The molecular formula is C12H18N2O3S. The minimum absolute atomic E-state index is 0.154. The number of rotatable bonds is 5. The molecule has 0 bridgehead atoms. The number of ether oxygens (including phenoxy) is 1. The highest BCUT2D eigenvalue weighted by Gasteiger charge is 2.16. The van der Waals surface area contributed by atoms with E-state index in [1.165, 1.54) is 6.20 Å². The molecule has 1 aromatic rings. The van der Waals surface area contributed by atoms with Crippen molar-refractivity contribution in [3.63, 3.8) is 0 Å². The van der Waals surface area contributed by atoms with E-state index in [-0.39, 0.29) is 10.8 Å². The Balaban J connectivity index is 1.82. The average Bonchev–Trinajstić information content (AvgIpc) is 2.41. The second-order valence-electron chi connectivity index (χ2n) is 4.29. The Morgan fingerprint density at radius 3 is 2.72 bits per heavy atom. The zero-order valence-electron chi connectivity index (χ0n) is 10.3. The molecule has 0 spiro atoms. The second kappa shape index (κ2) is 6.26. The Morgan fingerprint density at radius 1 is 1.28 bits per heavy atom. The zero-order chi connectivity index (χ0) is 12.8. The van der Waals surface area contributed by atoms with Crippen LogP contribution < -0.4 is 0 Å². The summed E-state index contributed by atoms with van der Waals surface area (Å²) in [7, 11) is -3.23. The molecule has 1 aliphatic rings. The Morgan fingerprint density at radius 2 is 2.06 bits per heavy atom. The maximum absolute atomic E-state index is 12.0. The summed E-state index contributed by atoms with van der Waals surface area (Å²) < 4.78 is 29.2. The third-order valence-electron chi connectivity index (χ3n) is 2.95. The van der Waals surface area contributed by atoms with Crippen molar-refractivity contribution in [1.82, 2.24) is 9.88 Å². The molecule has 0 atom stereocenters. The Kier molecular flexibility index (Phi) is 4.68. The maximum Gasteiger partial charge on any atom is 0.195 e. The van der Waals surface area contributed by atoms with Gasteiger partial charge in [-0.3, -0.25) is 4.90 Å². The lowest BCUT2D eigenvalue weighted by molar-refractivity contribution is 0.0381. The van der Waals surface area contributed by atoms with Crippen LogP contribution in [0.1, 0.15) is 6.42 Å². The van der Waals surface area contributed by atoms with Crippen LogP contribution in [-0.2, 0) is 14.6 Å². The van der Waals surface area contributed by atoms with Crippen molar-refractivity contribution < 1.29 is 13.2 Å². The smallest absolute Gasteiger partial charge is 0.195 e. The normalized spacial score (nSPS) is 17.8. The topological polar surface area (TPSA) is 59.5 Å². The molecule has 0 unspecified atom stereocenters. The molecule has 5 nitrogen and oxygen atoms in total. The predicted octanol–water partition coefficient (Wildman–Crippen LogP) is 0.578. The summed E-state index contributed by atoms with van der Waals surface area (Å²) >= 11 is 0. The lowest BCUT2D eigenvalue weighted by Gasteiger charge is -2.26. The van der Waals surface area contributed by atoms with Gasteiger partial charge < -0.3 is 4.74 Å². The van der Waals surface area contributed by atoms with Crippen LogP contribution in [0.4, 0.5) is 0 Å². The molecule has 0 aliphatic carbocycles. The van der Waals surface area contributed by atoms with Gasteiger partial charge in [0.1, 0.15) is 0 Å². The number of sulfone groups is 1. The van der Waals surface area contributed by atoms with Crippen LogP contribution in [0.15, 0.2) is 29.4 Å². The van der Waals surface area contributed by atoms with Gasteiger partial charge in [0, 0.05) is 19.3 Å². The molecule has 18 heavy (non-hydrogen) atoms. The number of pyridine rings is 1. The largest absolute Gasteiger partial charge is 0.379 e. The molecule has 2 heterocycles. The minimum Gasteiger partial charge on any atom is -0.379 e. The zero-order valence-corrected chi connectivity index (χ0v) is 11.1. The molecular weight excluding hydrogens is 252 g/mol. The highest BCUT2D eigenvalue weighted by molar-refractivity contribution is 7.91. The fourth-order valence-electron chi connectivity index (χ4n) is 1.94. The van der Waals surface area contributed by atoms with Gasteiger partial charge in [-0.1, -0.05) is 6.07 Å². The Labute approximate surface area is 108 Å². The highest BCUT2D eigenvalue weighted by Crippen LogP contribution is 2.08. The van der Waals surface area contributed by atoms with E-state index in [0.29, 0.717) is 6.42 Å². The van der Waals surface area contributed by atoms with Gasteiger partial charge in [0.05, 0.1) is 19.0 Å². The number of hydrogen-bond acceptors (Lipinski definition) is 5. The maximum atomic E-state index is 12.0. The van der Waals surface area contributed by atoms with Crippen LogP contribution in [-0.4, -0.2) is 56.9 Å². The van der Waals surface area contributed by atoms with E-state index in [1.54, 1.807) is 18.2 Å². The molecule has 2 rings (SSSR count). The lowest BCUT2D eigenvalue weighted by atomic mass is 10.4. The summed E-state index contributed by atoms with van der Waals surface area (Å²) in [6.07, 6.45) is 2.15. The van der Waals surface area contributed by atoms with Crippen molar-refractivity contribution >= 4 is 9.84 Å². The quantitative estimate of drug-likeness (QED) is 0.783. The standard InChI is InChI=1S/C12H18N2O3S/c15-18(16,12-4-1-2-5-13-12)11-3-6-14-7-9-17-10-8-14/h1-2,4-5H,3,6-11H2. The van der Waals surface area contributed by atoms with Crippen molar-refractivity contribution in [2.75, 3.05) is 38.6 Å². The number of hydrogen-bond donors (Lipinski definition) is 0. The molecule has 6 heteroatoms. The van der Waals surface area contributed by atoms with Crippen LogP contribution >= 0.6 is 0 Å². The minimum atomic E-state index is -3.23. The summed E-state index contributed by atoms with van der Waals surface area (Å²) in [5.74, 6) is 0.154. The first-order valence-corrected chi connectivity index (χ1v) is 7.77. The van der Waals surface area contributed by atoms with Crippen LogP contribution in [0.5, 0.6) is 0 Å². The SMILES string of the molecule is O=S(=O)(CCCN1CCOCC1)c1ccccn1. The van der Waals surface area contributed by atoms with Crippen molar-refractivity contribution in [3.05, 3.63) is 24.4 Å². The summed E-state index contributed by atoms with van der Waals surface area (Å²) in [5.41, 5.74) is 0. The van der Waals surface area contributed by atoms with E-state index in [0.717, 1.165) is 32.8 Å². The Hall–Kier alpha value is -0.980. The van der Waals surface area contributed by atoms with Gasteiger partial charge in [0.25, 0.3) is 0 Å². The van der Waals surface area contributed by atoms with E-state index in [1.807, 2.05) is 0 Å².